The van der Waals surface area contributed by atoms with Crippen LogP contribution in [0.5, 0.6) is 0 Å². The maximum absolute atomic E-state index is 13.4. The molecule has 2 aromatic heterocycles. The van der Waals surface area contributed by atoms with Crippen LogP contribution in [0, 0.1) is 6.92 Å². The predicted octanol–water partition coefficient (Wildman–Crippen LogP) is 3.30. The van der Waals surface area contributed by atoms with Crippen LogP contribution in [0.2, 0.25) is 5.02 Å². The van der Waals surface area contributed by atoms with E-state index >= 15 is 0 Å². The summed E-state index contributed by atoms with van der Waals surface area (Å²) in [5.41, 5.74) is 2.89. The summed E-state index contributed by atoms with van der Waals surface area (Å²) in [5.74, 6) is -0.214. The number of aliphatic hydroxyl groups excluding tert-OH is 1. The summed E-state index contributed by atoms with van der Waals surface area (Å²) in [6, 6.07) is 4.79. The molecule has 10 nitrogen and oxygen atoms in total. The minimum absolute atomic E-state index is 0.197. The zero-order valence-electron chi connectivity index (χ0n) is 20.4. The predicted molar refractivity (Wildman–Crippen MR) is 139 cm³/mol. The van der Waals surface area contributed by atoms with Crippen molar-refractivity contribution < 1.29 is 19.4 Å². The van der Waals surface area contributed by atoms with Crippen molar-refractivity contribution in [1.29, 1.82) is 0 Å². The number of anilines is 1. The number of carbonyl (C=O) groups excluding carboxylic acids is 2. The van der Waals surface area contributed by atoms with Crippen molar-refractivity contribution in [3.8, 4) is 11.3 Å². The molecule has 0 saturated carbocycles. The van der Waals surface area contributed by atoms with Gasteiger partial charge < -0.3 is 25.4 Å². The van der Waals surface area contributed by atoms with Gasteiger partial charge in [-0.2, -0.15) is 0 Å². The lowest BCUT2D eigenvalue weighted by Gasteiger charge is -2.29. The lowest BCUT2D eigenvalue weighted by Crippen LogP contribution is -2.46. The Morgan fingerprint density at radius 1 is 1.30 bits per heavy atom. The molecule has 2 aliphatic heterocycles. The van der Waals surface area contributed by atoms with Gasteiger partial charge in [0, 0.05) is 49.2 Å². The van der Waals surface area contributed by atoms with Gasteiger partial charge in [0.15, 0.2) is 6.23 Å². The third kappa shape index (κ3) is 5.45. The molecule has 0 aliphatic carbocycles. The lowest BCUT2D eigenvalue weighted by molar-refractivity contribution is -0.122. The quantitative estimate of drug-likeness (QED) is 0.414. The Hall–Kier alpha value is -3.12. The molecule has 0 bridgehead atoms. The second kappa shape index (κ2) is 10.7. The van der Waals surface area contributed by atoms with Crippen molar-refractivity contribution in [3.63, 3.8) is 0 Å². The maximum atomic E-state index is 13.4. The van der Waals surface area contributed by atoms with Gasteiger partial charge in [-0.05, 0) is 31.4 Å². The van der Waals surface area contributed by atoms with E-state index in [0.717, 1.165) is 23.4 Å². The van der Waals surface area contributed by atoms with Crippen LogP contribution < -0.4 is 10.6 Å². The number of thiazole rings is 1. The number of aryl methyl sites for hydroxylation is 1. The van der Waals surface area contributed by atoms with Gasteiger partial charge >= 0.3 is 0 Å². The second-order valence-corrected chi connectivity index (χ2v) is 10.6. The molecule has 3 aromatic rings. The van der Waals surface area contributed by atoms with Crippen LogP contribution >= 0.6 is 22.9 Å². The Bertz CT molecular complexity index is 1330. The van der Waals surface area contributed by atoms with Crippen LogP contribution in [-0.2, 0) is 16.1 Å². The van der Waals surface area contributed by atoms with Crippen LogP contribution in [0.3, 0.4) is 0 Å². The fourth-order valence-electron chi connectivity index (χ4n) is 4.57. The first kappa shape index (κ1) is 25.5. The molecule has 2 unspecified atom stereocenters. The molecule has 1 fully saturated rings. The van der Waals surface area contributed by atoms with E-state index in [0.29, 0.717) is 46.7 Å². The number of hydrogen-bond donors (Lipinski definition) is 3. The number of carbonyl (C=O) groups is 2. The van der Waals surface area contributed by atoms with E-state index in [1.54, 1.807) is 17.6 Å². The van der Waals surface area contributed by atoms with Crippen LogP contribution in [0.1, 0.15) is 52.4 Å². The number of aromatic nitrogens is 3. The largest absolute Gasteiger partial charge is 0.381 e. The van der Waals surface area contributed by atoms with Crippen molar-refractivity contribution in [3.05, 3.63) is 56.6 Å². The molecule has 37 heavy (non-hydrogen) atoms. The standard InChI is InChI=1S/C25H27ClN6O4S/c1-13(33)28-22(20-12-37-14(2)29-20)24(35)32-11-16-4-3-15(9-18(16)23(32)34)21-19(26)10-27-25(31-21)30-17-5-7-36-8-6-17/h3-4,9-10,12,17,22,24,35H,5-8,11H2,1-2H3,(H,28,33)(H,27,30,31). The van der Waals surface area contributed by atoms with Crippen LogP contribution in [0.4, 0.5) is 5.95 Å². The van der Waals surface area contributed by atoms with Gasteiger partial charge in [-0.3, -0.25) is 9.59 Å². The first-order valence-corrected chi connectivity index (χ1v) is 13.2. The summed E-state index contributed by atoms with van der Waals surface area (Å²) in [4.78, 5) is 39.9. The topological polar surface area (TPSA) is 130 Å². The number of hydrogen-bond acceptors (Lipinski definition) is 9. The Morgan fingerprint density at radius 3 is 2.78 bits per heavy atom. The molecular weight excluding hydrogens is 516 g/mol. The van der Waals surface area contributed by atoms with Gasteiger partial charge in [-0.25, -0.2) is 15.0 Å². The fraction of sp³-hybridized carbons (Fsp3) is 0.400. The summed E-state index contributed by atoms with van der Waals surface area (Å²) < 4.78 is 5.41. The second-order valence-electron chi connectivity index (χ2n) is 9.11. The van der Waals surface area contributed by atoms with Crippen molar-refractivity contribution in [2.75, 3.05) is 18.5 Å². The van der Waals surface area contributed by atoms with Crippen molar-refractivity contribution >= 4 is 40.7 Å². The monoisotopic (exact) mass is 542 g/mol. The van der Waals surface area contributed by atoms with Gasteiger partial charge in [0.2, 0.25) is 11.9 Å². The first-order valence-electron chi connectivity index (χ1n) is 12.0. The van der Waals surface area contributed by atoms with Crippen molar-refractivity contribution in [1.82, 2.24) is 25.2 Å². The van der Waals surface area contributed by atoms with Crippen LogP contribution in [0.15, 0.2) is 29.8 Å². The zero-order valence-corrected chi connectivity index (χ0v) is 22.0. The Labute approximate surface area is 223 Å². The summed E-state index contributed by atoms with van der Waals surface area (Å²) in [7, 11) is 0. The molecule has 1 aromatic carbocycles. The number of fused-ring (bicyclic) bond motifs is 1. The van der Waals surface area contributed by atoms with Gasteiger partial charge in [0.1, 0.15) is 6.04 Å². The summed E-state index contributed by atoms with van der Waals surface area (Å²) in [6.07, 6.45) is 1.98. The highest BCUT2D eigenvalue weighted by Gasteiger charge is 2.38. The molecule has 194 valence electrons. The van der Waals surface area contributed by atoms with Crippen LogP contribution in [-0.4, -0.2) is 62.3 Å². The third-order valence-corrected chi connectivity index (χ3v) is 7.51. The number of ether oxygens (including phenoxy) is 1. The summed E-state index contributed by atoms with van der Waals surface area (Å²) in [5, 5.41) is 20.2. The molecule has 4 heterocycles. The minimum atomic E-state index is -1.30. The Kier molecular flexibility index (Phi) is 7.38. The highest BCUT2D eigenvalue weighted by Crippen LogP contribution is 2.34. The third-order valence-electron chi connectivity index (χ3n) is 6.45. The minimum Gasteiger partial charge on any atom is -0.381 e. The smallest absolute Gasteiger partial charge is 0.256 e. The number of nitrogens with one attached hydrogen (secondary N) is 2. The van der Waals surface area contributed by atoms with E-state index in [1.807, 2.05) is 19.1 Å². The van der Waals surface area contributed by atoms with E-state index in [-0.39, 0.29) is 24.4 Å². The SMILES string of the molecule is CC(=O)NC(c1csc(C)n1)C(O)N1Cc2ccc(-c3nc(NC4CCOCC4)ncc3Cl)cc2C1=O. The summed E-state index contributed by atoms with van der Waals surface area (Å²) >= 11 is 7.85. The maximum Gasteiger partial charge on any atom is 0.256 e. The molecule has 2 amide bonds. The number of amides is 2. The average Bonchev–Trinajstić information content (AvgIpc) is 3.46. The van der Waals surface area contributed by atoms with Crippen molar-refractivity contribution in [2.45, 2.75) is 51.5 Å². The van der Waals surface area contributed by atoms with Gasteiger partial charge in [-0.15, -0.1) is 11.3 Å². The number of benzene rings is 1. The molecule has 3 N–H and O–H groups in total. The van der Waals surface area contributed by atoms with E-state index in [1.165, 1.54) is 23.2 Å². The molecule has 1 saturated heterocycles. The average molecular weight is 543 g/mol. The zero-order chi connectivity index (χ0) is 26.1. The fourth-order valence-corrected chi connectivity index (χ4v) is 5.42. The highest BCUT2D eigenvalue weighted by molar-refractivity contribution is 7.09. The van der Waals surface area contributed by atoms with Gasteiger partial charge in [0.05, 0.1) is 27.6 Å². The van der Waals surface area contributed by atoms with Crippen LogP contribution in [0.25, 0.3) is 11.3 Å². The van der Waals surface area contributed by atoms with E-state index in [4.69, 9.17) is 16.3 Å². The van der Waals surface area contributed by atoms with E-state index < -0.39 is 12.3 Å². The summed E-state index contributed by atoms with van der Waals surface area (Å²) in [6.45, 7) is 4.79. The molecule has 5 rings (SSSR count). The number of aliphatic hydroxyl groups is 1. The van der Waals surface area contributed by atoms with E-state index in [2.05, 4.69) is 25.6 Å². The van der Waals surface area contributed by atoms with E-state index in [9.17, 15) is 14.7 Å². The van der Waals surface area contributed by atoms with Gasteiger partial charge in [-0.1, -0.05) is 23.7 Å². The molecule has 12 heteroatoms. The normalized spacial score (nSPS) is 17.4. The molecule has 0 radical (unpaired) electrons. The Balaban J connectivity index is 1.39. The Morgan fingerprint density at radius 2 is 2.08 bits per heavy atom. The lowest BCUT2D eigenvalue weighted by atomic mass is 10.0. The molecule has 0 spiro atoms. The molecule has 2 atom stereocenters. The van der Waals surface area contributed by atoms with Crippen molar-refractivity contribution in [2.24, 2.45) is 0 Å². The van der Waals surface area contributed by atoms with Gasteiger partial charge in [0.25, 0.3) is 5.91 Å². The molecular formula is C25H27ClN6O4S. The first-order chi connectivity index (χ1) is 17.8. The molecule has 2 aliphatic rings. The highest BCUT2D eigenvalue weighted by atomic mass is 35.5. The number of halogens is 1. The number of nitrogens with zero attached hydrogens (tertiary/aromatic N) is 4. The number of rotatable bonds is 7.